The molecule has 0 saturated carbocycles. The third-order valence-corrected chi connectivity index (χ3v) is 4.22. The molecule has 18 heavy (non-hydrogen) atoms. The number of fused-ring (bicyclic) bond motifs is 1. The van der Waals surface area contributed by atoms with Crippen molar-refractivity contribution in [1.29, 1.82) is 0 Å². The Kier molecular flexibility index (Phi) is 3.52. The fourth-order valence-electron chi connectivity index (χ4n) is 1.81. The van der Waals surface area contributed by atoms with Gasteiger partial charge in [0.2, 0.25) is 0 Å². The molecule has 4 nitrogen and oxygen atoms in total. The predicted molar refractivity (Wildman–Crippen MR) is 74.4 cm³/mol. The molecule has 1 heterocycles. The number of aryl methyl sites for hydroxylation is 1. The average molecular weight is 264 g/mol. The van der Waals surface area contributed by atoms with Crippen LogP contribution in [0.4, 0.5) is 5.13 Å². The van der Waals surface area contributed by atoms with Gasteiger partial charge in [-0.2, -0.15) is 0 Å². The summed E-state index contributed by atoms with van der Waals surface area (Å²) < 4.78 is 1.17. The second-order valence-corrected chi connectivity index (χ2v) is 5.52. The van der Waals surface area contributed by atoms with Gasteiger partial charge in [0.25, 0.3) is 0 Å². The molecule has 0 radical (unpaired) electrons. The molecule has 1 atom stereocenters. The summed E-state index contributed by atoms with van der Waals surface area (Å²) in [7, 11) is 1.88. The summed E-state index contributed by atoms with van der Waals surface area (Å²) in [4.78, 5) is 17.3. The molecule has 0 fully saturated rings. The van der Waals surface area contributed by atoms with Crippen molar-refractivity contribution in [1.82, 2.24) is 4.98 Å². The highest BCUT2D eigenvalue weighted by Gasteiger charge is 2.16. The van der Waals surface area contributed by atoms with Gasteiger partial charge in [-0.05, 0) is 18.6 Å². The zero-order valence-corrected chi connectivity index (χ0v) is 11.5. The van der Waals surface area contributed by atoms with Crippen molar-refractivity contribution in [2.45, 2.75) is 13.8 Å². The van der Waals surface area contributed by atoms with E-state index in [-0.39, 0.29) is 0 Å². The normalized spacial score (nSPS) is 12.6. The molecule has 96 valence electrons. The van der Waals surface area contributed by atoms with E-state index in [1.807, 2.05) is 24.1 Å². The summed E-state index contributed by atoms with van der Waals surface area (Å²) in [5.41, 5.74) is 2.18. The Hall–Kier alpha value is -1.62. The van der Waals surface area contributed by atoms with E-state index >= 15 is 0 Å². The van der Waals surface area contributed by atoms with Gasteiger partial charge in [-0.15, -0.1) is 0 Å². The summed E-state index contributed by atoms with van der Waals surface area (Å²) >= 11 is 1.61. The van der Waals surface area contributed by atoms with Crippen molar-refractivity contribution in [3.05, 3.63) is 23.8 Å². The Bertz CT molecular complexity index is 579. The molecule has 1 aromatic carbocycles. The number of rotatable bonds is 4. The van der Waals surface area contributed by atoms with Crippen LogP contribution in [-0.4, -0.2) is 29.7 Å². The van der Waals surface area contributed by atoms with Crippen LogP contribution in [0, 0.1) is 12.8 Å². The molecule has 0 aliphatic rings. The van der Waals surface area contributed by atoms with Crippen molar-refractivity contribution >= 4 is 32.7 Å². The zero-order valence-electron chi connectivity index (χ0n) is 10.7. The van der Waals surface area contributed by atoms with Gasteiger partial charge in [0.1, 0.15) is 0 Å². The van der Waals surface area contributed by atoms with E-state index in [9.17, 15) is 4.79 Å². The third-order valence-electron chi connectivity index (χ3n) is 2.90. The van der Waals surface area contributed by atoms with E-state index in [4.69, 9.17) is 5.11 Å². The lowest BCUT2D eigenvalue weighted by atomic mass is 10.2. The van der Waals surface area contributed by atoms with Crippen LogP contribution < -0.4 is 4.90 Å². The molecule has 0 saturated heterocycles. The number of hydrogen-bond donors (Lipinski definition) is 1. The fraction of sp³-hybridized carbons (Fsp3) is 0.385. The van der Waals surface area contributed by atoms with E-state index in [2.05, 4.69) is 18.0 Å². The van der Waals surface area contributed by atoms with Gasteiger partial charge in [0, 0.05) is 13.6 Å². The number of carboxylic acid groups (broad SMARTS) is 1. The number of carbonyl (C=O) groups is 1. The number of aliphatic carboxylic acids is 1. The standard InChI is InChI=1S/C13H16N2O2S/c1-8-5-4-6-10-11(8)18-13(14-10)15(3)7-9(2)12(16)17/h4-6,9H,7H2,1-3H3,(H,16,17). The second kappa shape index (κ2) is 4.94. The topological polar surface area (TPSA) is 53.4 Å². The largest absolute Gasteiger partial charge is 0.481 e. The minimum atomic E-state index is -0.779. The Balaban J connectivity index is 2.26. The van der Waals surface area contributed by atoms with Gasteiger partial charge in [-0.3, -0.25) is 4.79 Å². The van der Waals surface area contributed by atoms with Crippen molar-refractivity contribution in [2.75, 3.05) is 18.5 Å². The molecule has 1 aromatic heterocycles. The number of thiazole rings is 1. The monoisotopic (exact) mass is 264 g/mol. The summed E-state index contributed by atoms with van der Waals surface area (Å²) in [5, 5.41) is 9.79. The first-order valence-corrected chi connectivity index (χ1v) is 6.61. The van der Waals surface area contributed by atoms with E-state index in [1.165, 1.54) is 10.3 Å². The fourth-order valence-corrected chi connectivity index (χ4v) is 2.81. The molecule has 1 unspecified atom stereocenters. The van der Waals surface area contributed by atoms with Gasteiger partial charge in [0.05, 0.1) is 16.1 Å². The Labute approximate surface area is 110 Å². The van der Waals surface area contributed by atoms with Crippen molar-refractivity contribution in [3.63, 3.8) is 0 Å². The summed E-state index contributed by atoms with van der Waals surface area (Å²) in [6.07, 6.45) is 0. The SMILES string of the molecule is Cc1cccc2nc(N(C)CC(C)C(=O)O)sc12. The van der Waals surface area contributed by atoms with Crippen molar-refractivity contribution < 1.29 is 9.90 Å². The minimum Gasteiger partial charge on any atom is -0.481 e. The highest BCUT2D eigenvalue weighted by atomic mass is 32.1. The molecule has 0 amide bonds. The molecule has 0 aliphatic heterocycles. The van der Waals surface area contributed by atoms with Gasteiger partial charge < -0.3 is 10.0 Å². The van der Waals surface area contributed by atoms with Crippen LogP contribution in [0.15, 0.2) is 18.2 Å². The van der Waals surface area contributed by atoms with Crippen LogP contribution in [-0.2, 0) is 4.79 Å². The number of anilines is 1. The molecular formula is C13H16N2O2S. The highest BCUT2D eigenvalue weighted by molar-refractivity contribution is 7.22. The quantitative estimate of drug-likeness (QED) is 0.922. The molecule has 5 heteroatoms. The maximum Gasteiger partial charge on any atom is 0.308 e. The molecular weight excluding hydrogens is 248 g/mol. The minimum absolute atomic E-state index is 0.400. The Morgan fingerprint density at radius 3 is 2.89 bits per heavy atom. The van der Waals surface area contributed by atoms with Crippen molar-refractivity contribution in [2.24, 2.45) is 5.92 Å². The molecule has 2 aromatic rings. The molecule has 0 aliphatic carbocycles. The molecule has 0 bridgehead atoms. The van der Waals surface area contributed by atoms with Gasteiger partial charge >= 0.3 is 5.97 Å². The van der Waals surface area contributed by atoms with E-state index in [0.29, 0.717) is 6.54 Å². The summed E-state index contributed by atoms with van der Waals surface area (Å²) in [6, 6.07) is 6.03. The lowest BCUT2D eigenvalue weighted by Gasteiger charge is -2.17. The van der Waals surface area contributed by atoms with Crippen LogP contribution in [0.1, 0.15) is 12.5 Å². The smallest absolute Gasteiger partial charge is 0.308 e. The van der Waals surface area contributed by atoms with Crippen LogP contribution in [0.5, 0.6) is 0 Å². The third kappa shape index (κ3) is 2.46. The number of nitrogens with zero attached hydrogens (tertiary/aromatic N) is 2. The van der Waals surface area contributed by atoms with Gasteiger partial charge in [0.15, 0.2) is 5.13 Å². The first-order chi connectivity index (χ1) is 8.49. The van der Waals surface area contributed by atoms with Gasteiger partial charge in [-0.1, -0.05) is 30.4 Å². The van der Waals surface area contributed by atoms with Crippen LogP contribution in [0.3, 0.4) is 0 Å². The lowest BCUT2D eigenvalue weighted by molar-refractivity contribution is -0.140. The number of hydrogen-bond acceptors (Lipinski definition) is 4. The van der Waals surface area contributed by atoms with E-state index in [1.54, 1.807) is 18.3 Å². The average Bonchev–Trinajstić information content (AvgIpc) is 2.74. The van der Waals surface area contributed by atoms with Crippen LogP contribution >= 0.6 is 11.3 Å². The maximum atomic E-state index is 10.8. The summed E-state index contributed by atoms with van der Waals surface area (Å²) in [6.45, 7) is 4.23. The van der Waals surface area contributed by atoms with Crippen LogP contribution in [0.2, 0.25) is 0 Å². The lowest BCUT2D eigenvalue weighted by Crippen LogP contribution is -2.28. The Morgan fingerprint density at radius 1 is 1.56 bits per heavy atom. The first kappa shape index (κ1) is 12.8. The van der Waals surface area contributed by atoms with E-state index in [0.717, 1.165) is 10.6 Å². The van der Waals surface area contributed by atoms with Gasteiger partial charge in [-0.25, -0.2) is 4.98 Å². The highest BCUT2D eigenvalue weighted by Crippen LogP contribution is 2.30. The number of carboxylic acids is 1. The molecule has 0 spiro atoms. The number of benzene rings is 1. The van der Waals surface area contributed by atoms with Crippen molar-refractivity contribution in [3.8, 4) is 0 Å². The van der Waals surface area contributed by atoms with E-state index < -0.39 is 11.9 Å². The second-order valence-electron chi connectivity index (χ2n) is 4.54. The molecule has 2 rings (SSSR count). The first-order valence-electron chi connectivity index (χ1n) is 5.79. The maximum absolute atomic E-state index is 10.8. The summed E-state index contributed by atoms with van der Waals surface area (Å²) in [5.74, 6) is -1.18. The zero-order chi connectivity index (χ0) is 13.3. The number of aromatic nitrogens is 1. The predicted octanol–water partition coefficient (Wildman–Crippen LogP) is 2.76. The molecule has 1 N–H and O–H groups in total. The van der Waals surface area contributed by atoms with Crippen LogP contribution in [0.25, 0.3) is 10.2 Å². The Morgan fingerprint density at radius 2 is 2.28 bits per heavy atom.